The maximum atomic E-state index is 12.1. The van der Waals surface area contributed by atoms with Crippen LogP contribution in [0.5, 0.6) is 0 Å². The zero-order chi connectivity index (χ0) is 14.4. The smallest absolute Gasteiger partial charge is 0.250 e. The fraction of sp³-hybridized carbons (Fsp3) is 0.533. The number of aliphatic hydroxyl groups is 1. The molecular weight excluding hydrogens is 256 g/mol. The molecule has 1 fully saturated rings. The van der Waals surface area contributed by atoms with E-state index in [1.54, 1.807) is 0 Å². The number of likely N-dealkylation sites (N-methyl/N-ethyl adjacent to an activating group) is 1. The first-order valence-electron chi connectivity index (χ1n) is 6.94. The Bertz CT molecular complexity index is 424. The summed E-state index contributed by atoms with van der Waals surface area (Å²) >= 11 is 0. The average molecular weight is 278 g/mol. The van der Waals surface area contributed by atoms with Crippen LogP contribution in [0.4, 0.5) is 0 Å². The second-order valence-electron chi connectivity index (χ2n) is 5.20. The fourth-order valence-electron chi connectivity index (χ4n) is 2.29. The van der Waals surface area contributed by atoms with Crippen molar-refractivity contribution in [2.45, 2.75) is 18.6 Å². The Morgan fingerprint density at radius 2 is 2.25 bits per heavy atom. The monoisotopic (exact) mass is 278 g/mol. The Hall–Kier alpha value is -1.43. The van der Waals surface area contributed by atoms with Gasteiger partial charge in [0.1, 0.15) is 6.10 Å². The standard InChI is InChI=1S/C15H22N2O3/c1-17-7-8-20-14(10-17)15(19)16-13(11-18)9-12-5-3-2-4-6-12/h2-6,13-14,18H,7-11H2,1H3,(H,16,19)/t13-,14-/m1/s1. The maximum absolute atomic E-state index is 12.1. The topological polar surface area (TPSA) is 61.8 Å². The molecule has 0 bridgehead atoms. The molecule has 1 aliphatic heterocycles. The summed E-state index contributed by atoms with van der Waals surface area (Å²) in [5, 5.41) is 12.3. The van der Waals surface area contributed by atoms with E-state index >= 15 is 0 Å². The second kappa shape index (κ2) is 7.38. The number of amides is 1. The molecule has 0 saturated carbocycles. The van der Waals surface area contributed by atoms with Crippen LogP contribution in [0.15, 0.2) is 30.3 Å². The molecule has 0 aromatic heterocycles. The zero-order valence-corrected chi connectivity index (χ0v) is 11.8. The number of ether oxygens (including phenoxy) is 1. The number of aliphatic hydroxyl groups excluding tert-OH is 1. The van der Waals surface area contributed by atoms with Crippen molar-refractivity contribution in [2.24, 2.45) is 0 Å². The molecule has 5 nitrogen and oxygen atoms in total. The highest BCUT2D eigenvalue weighted by atomic mass is 16.5. The third-order valence-electron chi connectivity index (χ3n) is 3.45. The third kappa shape index (κ3) is 4.30. The van der Waals surface area contributed by atoms with Gasteiger partial charge in [-0.2, -0.15) is 0 Å². The van der Waals surface area contributed by atoms with Gasteiger partial charge in [0.05, 0.1) is 19.3 Å². The largest absolute Gasteiger partial charge is 0.394 e. The maximum Gasteiger partial charge on any atom is 0.250 e. The number of carbonyl (C=O) groups excluding carboxylic acids is 1. The summed E-state index contributed by atoms with van der Waals surface area (Å²) in [7, 11) is 1.97. The Kier molecular flexibility index (Phi) is 5.52. The highest BCUT2D eigenvalue weighted by molar-refractivity contribution is 5.81. The summed E-state index contributed by atoms with van der Waals surface area (Å²) in [5.41, 5.74) is 1.09. The van der Waals surface area contributed by atoms with Gasteiger partial charge in [0, 0.05) is 13.1 Å². The summed E-state index contributed by atoms with van der Waals surface area (Å²) in [5.74, 6) is -0.147. The minimum absolute atomic E-state index is 0.0802. The van der Waals surface area contributed by atoms with Gasteiger partial charge in [0.2, 0.25) is 0 Å². The van der Waals surface area contributed by atoms with Gasteiger partial charge in [0.15, 0.2) is 0 Å². The van der Waals surface area contributed by atoms with Crippen LogP contribution < -0.4 is 5.32 Å². The van der Waals surface area contributed by atoms with Crippen LogP contribution in [0.3, 0.4) is 0 Å². The summed E-state index contributed by atoms with van der Waals surface area (Å²) < 4.78 is 5.47. The number of nitrogens with zero attached hydrogens (tertiary/aromatic N) is 1. The van der Waals surface area contributed by atoms with E-state index < -0.39 is 6.10 Å². The molecule has 0 unspecified atom stereocenters. The van der Waals surface area contributed by atoms with E-state index in [1.807, 2.05) is 37.4 Å². The summed E-state index contributed by atoms with van der Waals surface area (Å²) in [6.45, 7) is 1.92. The Labute approximate surface area is 119 Å². The van der Waals surface area contributed by atoms with Crippen molar-refractivity contribution in [1.29, 1.82) is 0 Å². The first kappa shape index (κ1) is 15.0. The first-order chi connectivity index (χ1) is 9.69. The van der Waals surface area contributed by atoms with Crippen molar-refractivity contribution in [1.82, 2.24) is 10.2 Å². The normalized spacial score (nSPS) is 21.4. The molecule has 1 heterocycles. The van der Waals surface area contributed by atoms with E-state index in [0.717, 1.165) is 12.1 Å². The van der Waals surface area contributed by atoms with Gasteiger partial charge in [-0.3, -0.25) is 4.79 Å². The molecule has 0 spiro atoms. The van der Waals surface area contributed by atoms with E-state index in [2.05, 4.69) is 10.2 Å². The van der Waals surface area contributed by atoms with E-state index in [9.17, 15) is 9.90 Å². The molecule has 1 saturated heterocycles. The number of rotatable bonds is 5. The van der Waals surface area contributed by atoms with E-state index in [-0.39, 0.29) is 18.6 Å². The molecule has 2 N–H and O–H groups in total. The molecule has 1 aromatic rings. The van der Waals surface area contributed by atoms with Crippen molar-refractivity contribution >= 4 is 5.91 Å². The van der Waals surface area contributed by atoms with Crippen molar-refractivity contribution < 1.29 is 14.6 Å². The lowest BCUT2D eigenvalue weighted by Gasteiger charge is -2.30. The highest BCUT2D eigenvalue weighted by Gasteiger charge is 2.26. The summed E-state index contributed by atoms with van der Waals surface area (Å²) in [6, 6.07) is 9.54. The summed E-state index contributed by atoms with van der Waals surface area (Å²) in [4.78, 5) is 14.2. The number of morpholine rings is 1. The van der Waals surface area contributed by atoms with E-state index in [4.69, 9.17) is 4.74 Å². The Balaban J connectivity index is 1.87. The molecule has 1 aliphatic rings. The molecule has 5 heteroatoms. The lowest BCUT2D eigenvalue weighted by atomic mass is 10.1. The Morgan fingerprint density at radius 1 is 1.50 bits per heavy atom. The van der Waals surface area contributed by atoms with Crippen LogP contribution in [-0.4, -0.2) is 61.4 Å². The van der Waals surface area contributed by atoms with Crippen molar-refractivity contribution in [3.05, 3.63) is 35.9 Å². The van der Waals surface area contributed by atoms with Crippen LogP contribution in [0.2, 0.25) is 0 Å². The predicted octanol–water partition coefficient (Wildman–Crippen LogP) is 0.0368. The lowest BCUT2D eigenvalue weighted by Crippen LogP contribution is -2.51. The molecule has 0 radical (unpaired) electrons. The molecule has 110 valence electrons. The van der Waals surface area contributed by atoms with E-state index in [1.165, 1.54) is 0 Å². The first-order valence-corrected chi connectivity index (χ1v) is 6.94. The molecule has 0 aliphatic carbocycles. The minimum Gasteiger partial charge on any atom is -0.394 e. The van der Waals surface area contributed by atoms with E-state index in [0.29, 0.717) is 19.6 Å². The predicted molar refractivity (Wildman–Crippen MR) is 76.4 cm³/mol. The van der Waals surface area contributed by atoms with Crippen LogP contribution in [0, 0.1) is 0 Å². The minimum atomic E-state index is -0.446. The second-order valence-corrected chi connectivity index (χ2v) is 5.20. The lowest BCUT2D eigenvalue weighted by molar-refractivity contribution is -0.138. The molecule has 1 amide bonds. The van der Waals surface area contributed by atoms with Gasteiger partial charge in [0.25, 0.3) is 5.91 Å². The number of benzene rings is 1. The fourth-order valence-corrected chi connectivity index (χ4v) is 2.29. The van der Waals surface area contributed by atoms with Gasteiger partial charge in [-0.15, -0.1) is 0 Å². The molecule has 2 atom stereocenters. The Morgan fingerprint density at radius 3 is 2.90 bits per heavy atom. The number of hydrogen-bond donors (Lipinski definition) is 2. The molecule has 1 aromatic carbocycles. The summed E-state index contributed by atoms with van der Waals surface area (Å²) in [6.07, 6.45) is 0.171. The van der Waals surface area contributed by atoms with Crippen LogP contribution in [0.25, 0.3) is 0 Å². The quantitative estimate of drug-likeness (QED) is 0.798. The molecule has 20 heavy (non-hydrogen) atoms. The van der Waals surface area contributed by atoms with Gasteiger partial charge in [-0.1, -0.05) is 30.3 Å². The van der Waals surface area contributed by atoms with Gasteiger partial charge in [-0.25, -0.2) is 0 Å². The van der Waals surface area contributed by atoms with Crippen molar-refractivity contribution in [3.63, 3.8) is 0 Å². The zero-order valence-electron chi connectivity index (χ0n) is 11.8. The van der Waals surface area contributed by atoms with Gasteiger partial charge < -0.3 is 20.1 Å². The van der Waals surface area contributed by atoms with Crippen LogP contribution >= 0.6 is 0 Å². The van der Waals surface area contributed by atoms with Gasteiger partial charge in [-0.05, 0) is 19.0 Å². The number of nitrogens with one attached hydrogen (secondary N) is 1. The number of carbonyl (C=O) groups is 1. The highest BCUT2D eigenvalue weighted by Crippen LogP contribution is 2.06. The van der Waals surface area contributed by atoms with Crippen molar-refractivity contribution in [2.75, 3.05) is 33.4 Å². The van der Waals surface area contributed by atoms with Crippen LogP contribution in [-0.2, 0) is 16.0 Å². The SMILES string of the molecule is CN1CCO[C@@H](C(=O)N[C@@H](CO)Cc2ccccc2)C1. The number of hydrogen-bond acceptors (Lipinski definition) is 4. The molecular formula is C15H22N2O3. The van der Waals surface area contributed by atoms with Crippen LogP contribution in [0.1, 0.15) is 5.56 Å². The average Bonchev–Trinajstić information content (AvgIpc) is 2.47. The molecule has 2 rings (SSSR count). The third-order valence-corrected chi connectivity index (χ3v) is 3.45. The van der Waals surface area contributed by atoms with Gasteiger partial charge >= 0.3 is 0 Å². The van der Waals surface area contributed by atoms with Crippen molar-refractivity contribution in [3.8, 4) is 0 Å².